The molecule has 0 spiro atoms. The lowest BCUT2D eigenvalue weighted by Crippen LogP contribution is -2.59. The van der Waals surface area contributed by atoms with Crippen LogP contribution in [-0.2, 0) is 4.79 Å². The molecule has 5 atom stereocenters. The number of hydrogen-bond acceptors (Lipinski definition) is 3. The van der Waals surface area contributed by atoms with Crippen LogP contribution in [-0.4, -0.2) is 28.6 Å². The van der Waals surface area contributed by atoms with Crippen LogP contribution in [0.2, 0.25) is 0 Å². The van der Waals surface area contributed by atoms with Gasteiger partial charge in [-0.05, 0) is 49.3 Å². The molecule has 2 aromatic rings. The van der Waals surface area contributed by atoms with Gasteiger partial charge in [0.2, 0.25) is 5.91 Å². The van der Waals surface area contributed by atoms with Gasteiger partial charge in [0, 0.05) is 36.8 Å². The molecule has 2 saturated carbocycles. The minimum Gasteiger partial charge on any atom is -0.497 e. The summed E-state index contributed by atoms with van der Waals surface area (Å²) in [6, 6.07) is 8.78. The van der Waals surface area contributed by atoms with Gasteiger partial charge >= 0.3 is 0 Å². The van der Waals surface area contributed by atoms with Crippen LogP contribution in [0.5, 0.6) is 5.75 Å². The molecular weight excluding hydrogens is 338 g/mol. The zero-order valence-corrected chi connectivity index (χ0v) is 16.2. The van der Waals surface area contributed by atoms with Gasteiger partial charge in [-0.15, -0.1) is 0 Å². The van der Waals surface area contributed by atoms with E-state index in [1.165, 1.54) is 31.2 Å². The van der Waals surface area contributed by atoms with Crippen molar-refractivity contribution in [3.8, 4) is 5.75 Å². The summed E-state index contributed by atoms with van der Waals surface area (Å²) in [6.45, 7) is 2.06. The number of carbonyl (C=O) groups is 1. The van der Waals surface area contributed by atoms with Crippen LogP contribution >= 0.6 is 0 Å². The zero-order valence-electron chi connectivity index (χ0n) is 16.2. The van der Waals surface area contributed by atoms with Gasteiger partial charge < -0.3 is 14.6 Å². The van der Waals surface area contributed by atoms with Crippen LogP contribution in [0.3, 0.4) is 0 Å². The minimum atomic E-state index is 0.120. The fraction of sp³-hybridized carbons (Fsp3) is 0.545. The van der Waals surface area contributed by atoms with Crippen LogP contribution in [0, 0.1) is 11.8 Å². The summed E-state index contributed by atoms with van der Waals surface area (Å²) in [5.74, 6) is 2.77. The highest BCUT2D eigenvalue weighted by Gasteiger charge is 2.51. The summed E-state index contributed by atoms with van der Waals surface area (Å²) in [6.07, 6.45) is 11.0. The minimum absolute atomic E-state index is 0.120. The highest BCUT2D eigenvalue weighted by Crippen LogP contribution is 2.54. The lowest BCUT2D eigenvalue weighted by Gasteiger charge is -2.55. The van der Waals surface area contributed by atoms with Gasteiger partial charge in [0.05, 0.1) is 13.4 Å². The summed E-state index contributed by atoms with van der Waals surface area (Å²) in [4.78, 5) is 16.8. The van der Waals surface area contributed by atoms with E-state index in [0.29, 0.717) is 24.2 Å². The van der Waals surface area contributed by atoms with E-state index in [1.807, 2.05) is 22.9 Å². The van der Waals surface area contributed by atoms with Crippen molar-refractivity contribution in [2.45, 2.75) is 57.0 Å². The number of amides is 1. The fourth-order valence-corrected chi connectivity index (χ4v) is 5.09. The highest BCUT2D eigenvalue weighted by molar-refractivity contribution is 5.77. The van der Waals surface area contributed by atoms with Gasteiger partial charge in [-0.1, -0.05) is 25.0 Å². The molecule has 0 radical (unpaired) electrons. The summed E-state index contributed by atoms with van der Waals surface area (Å²) in [7, 11) is 1.69. The molecule has 0 unspecified atom stereocenters. The number of benzene rings is 1. The van der Waals surface area contributed by atoms with E-state index in [1.54, 1.807) is 19.6 Å². The van der Waals surface area contributed by atoms with Gasteiger partial charge in [0.1, 0.15) is 5.75 Å². The Morgan fingerprint density at radius 3 is 2.67 bits per heavy atom. The molecule has 144 valence electrons. The van der Waals surface area contributed by atoms with Gasteiger partial charge in [-0.2, -0.15) is 0 Å². The van der Waals surface area contributed by atoms with Crippen molar-refractivity contribution in [3.63, 3.8) is 0 Å². The quantitative estimate of drug-likeness (QED) is 0.842. The normalized spacial score (nSPS) is 27.9. The number of carbonyl (C=O) groups excluding carboxylic acids is 1. The molecule has 2 aliphatic carbocycles. The molecule has 27 heavy (non-hydrogen) atoms. The predicted octanol–water partition coefficient (Wildman–Crippen LogP) is 3.93. The van der Waals surface area contributed by atoms with Crippen LogP contribution in [0.1, 0.15) is 56.6 Å². The van der Waals surface area contributed by atoms with Gasteiger partial charge in [-0.3, -0.25) is 4.79 Å². The molecule has 5 heteroatoms. The molecule has 1 aromatic carbocycles. The number of hydrogen-bond donors (Lipinski definition) is 1. The van der Waals surface area contributed by atoms with E-state index in [4.69, 9.17) is 4.74 Å². The number of rotatable bonds is 6. The molecule has 2 fully saturated rings. The van der Waals surface area contributed by atoms with E-state index >= 15 is 0 Å². The summed E-state index contributed by atoms with van der Waals surface area (Å²) < 4.78 is 7.29. The van der Waals surface area contributed by atoms with E-state index in [2.05, 4.69) is 29.4 Å². The van der Waals surface area contributed by atoms with Crippen LogP contribution in [0.25, 0.3) is 0 Å². The Kier molecular flexibility index (Phi) is 5.19. The van der Waals surface area contributed by atoms with Gasteiger partial charge in [0.15, 0.2) is 0 Å². The summed E-state index contributed by atoms with van der Waals surface area (Å²) >= 11 is 0. The average molecular weight is 367 g/mol. The molecule has 0 aliphatic heterocycles. The molecule has 2 aliphatic rings. The molecule has 1 aromatic heterocycles. The predicted molar refractivity (Wildman–Crippen MR) is 105 cm³/mol. The first-order valence-corrected chi connectivity index (χ1v) is 10.1. The number of ether oxygens (including phenoxy) is 1. The molecule has 1 heterocycles. The molecule has 1 amide bonds. The first kappa shape index (κ1) is 18.1. The molecule has 5 nitrogen and oxygen atoms in total. The van der Waals surface area contributed by atoms with Gasteiger partial charge in [0.25, 0.3) is 0 Å². The second kappa shape index (κ2) is 7.75. The van der Waals surface area contributed by atoms with E-state index < -0.39 is 0 Å². The maximum atomic E-state index is 12.7. The smallest absolute Gasteiger partial charge is 0.222 e. The van der Waals surface area contributed by atoms with Crippen LogP contribution in [0.15, 0.2) is 43.0 Å². The Morgan fingerprint density at radius 2 is 2.00 bits per heavy atom. The van der Waals surface area contributed by atoms with Crippen molar-refractivity contribution < 1.29 is 9.53 Å². The second-order valence-corrected chi connectivity index (χ2v) is 8.07. The lowest BCUT2D eigenvalue weighted by molar-refractivity contribution is -0.125. The number of fused-ring (bicyclic) bond motifs is 1. The van der Waals surface area contributed by atoms with Crippen LogP contribution in [0.4, 0.5) is 0 Å². The average Bonchev–Trinajstić information content (AvgIpc) is 3.22. The fourth-order valence-electron chi connectivity index (χ4n) is 5.09. The third kappa shape index (κ3) is 3.60. The van der Waals surface area contributed by atoms with Gasteiger partial charge in [-0.25, -0.2) is 4.98 Å². The van der Waals surface area contributed by atoms with Crippen molar-refractivity contribution >= 4 is 5.91 Å². The van der Waals surface area contributed by atoms with Crippen LogP contribution < -0.4 is 10.1 Å². The van der Waals surface area contributed by atoms with E-state index in [9.17, 15) is 4.79 Å². The Hall–Kier alpha value is -2.30. The molecule has 0 bridgehead atoms. The second-order valence-electron chi connectivity index (χ2n) is 8.07. The van der Waals surface area contributed by atoms with Crippen molar-refractivity contribution in [2.75, 3.05) is 7.11 Å². The van der Waals surface area contributed by atoms with Crippen molar-refractivity contribution in [1.82, 2.24) is 14.9 Å². The molecule has 4 rings (SSSR count). The monoisotopic (exact) mass is 367 g/mol. The Bertz CT molecular complexity index is 756. The van der Waals surface area contributed by atoms with E-state index in [-0.39, 0.29) is 18.0 Å². The first-order chi connectivity index (χ1) is 13.2. The third-order valence-corrected chi connectivity index (χ3v) is 6.53. The lowest BCUT2D eigenvalue weighted by atomic mass is 9.53. The standard InChI is InChI=1S/C22H29N3O2/c1-15(25-12-11-23-14-25)13-20(26)24-22-19-6-4-3-5-18(19)21(22)16-7-9-17(27-2)10-8-16/h7-12,14-15,18-19,21-22H,3-6,13H2,1-2H3,(H,24,26)/t15-,18+,19-,21-,22-/m0/s1. The maximum absolute atomic E-state index is 12.7. The zero-order chi connectivity index (χ0) is 18.8. The summed E-state index contributed by atoms with van der Waals surface area (Å²) in [5, 5.41) is 3.38. The molecule has 0 saturated heterocycles. The van der Waals surface area contributed by atoms with E-state index in [0.717, 1.165) is 5.75 Å². The number of methoxy groups -OCH3 is 1. The largest absolute Gasteiger partial charge is 0.497 e. The SMILES string of the molecule is COc1ccc([C@H]2[C@@H]3CCCC[C@@H]3[C@@H]2NC(=O)C[C@H](C)n2ccnc2)cc1. The Balaban J connectivity index is 1.45. The van der Waals surface area contributed by atoms with Crippen molar-refractivity contribution in [2.24, 2.45) is 11.8 Å². The summed E-state index contributed by atoms with van der Waals surface area (Å²) in [5.41, 5.74) is 1.33. The highest BCUT2D eigenvalue weighted by atomic mass is 16.5. The number of nitrogens with zero attached hydrogens (tertiary/aromatic N) is 2. The van der Waals surface area contributed by atoms with Crippen molar-refractivity contribution in [3.05, 3.63) is 48.5 Å². The maximum Gasteiger partial charge on any atom is 0.222 e. The first-order valence-electron chi connectivity index (χ1n) is 10.1. The Morgan fingerprint density at radius 1 is 1.26 bits per heavy atom. The van der Waals surface area contributed by atoms with Crippen molar-refractivity contribution in [1.29, 1.82) is 0 Å². The third-order valence-electron chi connectivity index (χ3n) is 6.53. The molecular formula is C22H29N3O2. The number of aromatic nitrogens is 2. The number of imidazole rings is 1. The Labute approximate surface area is 161 Å². The topological polar surface area (TPSA) is 56.1 Å². The molecule has 1 N–H and O–H groups in total. The number of nitrogens with one attached hydrogen (secondary N) is 1.